The zero-order valence-electron chi connectivity index (χ0n) is 6.56. The van der Waals surface area contributed by atoms with Crippen LogP contribution in [-0.2, 0) is 0 Å². The van der Waals surface area contributed by atoms with Gasteiger partial charge in [0.1, 0.15) is 0 Å². The van der Waals surface area contributed by atoms with Gasteiger partial charge in [0.15, 0.2) is 0 Å². The minimum atomic E-state index is 1.03. The highest BCUT2D eigenvalue weighted by atomic mass is 14.5. The fourth-order valence-electron chi connectivity index (χ4n) is 3.32. The minimum Gasteiger partial charge on any atom is -0.0673 e. The van der Waals surface area contributed by atoms with Crippen molar-refractivity contribution in [1.29, 1.82) is 0 Å². The van der Waals surface area contributed by atoms with Crippen LogP contribution in [0.25, 0.3) is 0 Å². The third-order valence-corrected chi connectivity index (χ3v) is 3.90. The Hall–Kier alpha value is -0.260. The zero-order chi connectivity index (χ0) is 6.72. The van der Waals surface area contributed by atoms with Gasteiger partial charge in [-0.1, -0.05) is 18.1 Å². The van der Waals surface area contributed by atoms with Gasteiger partial charge in [0, 0.05) is 0 Å². The van der Waals surface area contributed by atoms with Crippen molar-refractivity contribution < 1.29 is 0 Å². The van der Waals surface area contributed by atoms with Crippen molar-refractivity contribution >= 4 is 0 Å². The predicted octanol–water partition coefficient (Wildman–Crippen LogP) is 2.75. The first-order valence-electron chi connectivity index (χ1n) is 4.58. The summed E-state index contributed by atoms with van der Waals surface area (Å²) in [5.74, 6) is 3.14. The number of fused-ring (bicyclic) bond motifs is 4. The molecule has 3 aliphatic carbocycles. The van der Waals surface area contributed by atoms with Gasteiger partial charge in [0.2, 0.25) is 0 Å². The molecule has 3 atom stereocenters. The van der Waals surface area contributed by atoms with E-state index in [9.17, 15) is 0 Å². The highest BCUT2D eigenvalue weighted by Gasteiger charge is 2.46. The van der Waals surface area contributed by atoms with E-state index in [1.165, 1.54) is 25.7 Å². The topological polar surface area (TPSA) is 0 Å². The fraction of sp³-hybridized carbons (Fsp3) is 0.800. The molecule has 0 heterocycles. The van der Waals surface area contributed by atoms with E-state index in [0.29, 0.717) is 0 Å². The molecule has 0 saturated heterocycles. The highest BCUT2D eigenvalue weighted by molar-refractivity contribution is 5.37. The van der Waals surface area contributed by atoms with Gasteiger partial charge in [0.25, 0.3) is 0 Å². The van der Waals surface area contributed by atoms with E-state index in [4.69, 9.17) is 0 Å². The molecule has 1 saturated carbocycles. The second-order valence-corrected chi connectivity index (χ2v) is 4.30. The molecule has 0 aromatic heterocycles. The lowest BCUT2D eigenvalue weighted by Gasteiger charge is -2.31. The second kappa shape index (κ2) is 1.49. The van der Waals surface area contributed by atoms with Crippen LogP contribution in [0.2, 0.25) is 0 Å². The van der Waals surface area contributed by atoms with E-state index in [-0.39, 0.29) is 0 Å². The molecule has 3 aliphatic rings. The van der Waals surface area contributed by atoms with Crippen molar-refractivity contribution in [3.63, 3.8) is 0 Å². The van der Waals surface area contributed by atoms with Crippen LogP contribution in [0.15, 0.2) is 11.1 Å². The van der Waals surface area contributed by atoms with Crippen LogP contribution in [0.5, 0.6) is 0 Å². The Labute approximate surface area is 62.3 Å². The van der Waals surface area contributed by atoms with Crippen molar-refractivity contribution in [2.75, 3.05) is 0 Å². The third kappa shape index (κ3) is 0.426. The Balaban J connectivity index is 2.06. The minimum absolute atomic E-state index is 1.03. The van der Waals surface area contributed by atoms with Crippen LogP contribution in [-0.4, -0.2) is 0 Å². The molecule has 0 amide bonds. The Morgan fingerprint density at radius 3 is 2.40 bits per heavy atom. The molecular weight excluding hydrogens is 120 g/mol. The van der Waals surface area contributed by atoms with E-state index in [2.05, 4.69) is 6.92 Å². The van der Waals surface area contributed by atoms with Crippen molar-refractivity contribution in [3.05, 3.63) is 11.1 Å². The molecule has 0 radical (unpaired) electrons. The van der Waals surface area contributed by atoms with Gasteiger partial charge in [-0.15, -0.1) is 0 Å². The molecule has 3 rings (SSSR count). The summed E-state index contributed by atoms with van der Waals surface area (Å²) < 4.78 is 0. The van der Waals surface area contributed by atoms with Gasteiger partial charge in [0.05, 0.1) is 0 Å². The summed E-state index contributed by atoms with van der Waals surface area (Å²) in [4.78, 5) is 0. The summed E-state index contributed by atoms with van der Waals surface area (Å²) >= 11 is 0. The number of hydrogen-bond acceptors (Lipinski definition) is 0. The largest absolute Gasteiger partial charge is 0.0673 e. The smallest absolute Gasteiger partial charge is 0.0169 e. The normalized spacial score (nSPS) is 49.5. The molecule has 1 fully saturated rings. The Morgan fingerprint density at radius 2 is 1.90 bits per heavy atom. The van der Waals surface area contributed by atoms with Crippen LogP contribution in [0.4, 0.5) is 0 Å². The molecule has 10 heavy (non-hydrogen) atoms. The van der Waals surface area contributed by atoms with E-state index in [1.807, 2.05) is 11.1 Å². The quantitative estimate of drug-likeness (QED) is 0.447. The molecule has 0 spiro atoms. The van der Waals surface area contributed by atoms with Crippen LogP contribution in [0.3, 0.4) is 0 Å². The average Bonchev–Trinajstić information content (AvgIpc) is 2.17. The molecule has 3 unspecified atom stereocenters. The summed E-state index contributed by atoms with van der Waals surface area (Å²) in [5, 5.41) is 0. The monoisotopic (exact) mass is 134 g/mol. The molecule has 2 bridgehead atoms. The molecule has 54 valence electrons. The standard InChI is InChI=1S/C10H14/c1-6-4-7-5-10(6)9-3-2-8(7)9/h6-7,10H,2-5H2,1H3. The first kappa shape index (κ1) is 5.40. The number of allylic oxidation sites excluding steroid dienone is 2. The van der Waals surface area contributed by atoms with Gasteiger partial charge in [-0.05, 0) is 43.4 Å². The van der Waals surface area contributed by atoms with Crippen LogP contribution < -0.4 is 0 Å². The van der Waals surface area contributed by atoms with E-state index in [0.717, 1.165) is 17.8 Å². The fourth-order valence-corrected chi connectivity index (χ4v) is 3.32. The summed E-state index contributed by atoms with van der Waals surface area (Å²) in [7, 11) is 0. The van der Waals surface area contributed by atoms with Gasteiger partial charge in [-0.25, -0.2) is 0 Å². The summed E-state index contributed by atoms with van der Waals surface area (Å²) in [6, 6.07) is 0. The predicted molar refractivity (Wildman–Crippen MR) is 41.6 cm³/mol. The maximum atomic E-state index is 2.44. The SMILES string of the molecule is CC1CC2CC1C1=C2CC1. The third-order valence-electron chi connectivity index (χ3n) is 3.90. The summed E-state index contributed by atoms with van der Waals surface area (Å²) in [5.41, 5.74) is 3.78. The van der Waals surface area contributed by atoms with Gasteiger partial charge in [-0.2, -0.15) is 0 Å². The highest BCUT2D eigenvalue weighted by Crippen LogP contribution is 2.58. The summed E-state index contributed by atoms with van der Waals surface area (Å²) in [6.45, 7) is 2.44. The first-order chi connectivity index (χ1) is 4.86. The van der Waals surface area contributed by atoms with Crippen LogP contribution in [0, 0.1) is 17.8 Å². The van der Waals surface area contributed by atoms with E-state index >= 15 is 0 Å². The van der Waals surface area contributed by atoms with E-state index in [1.54, 1.807) is 0 Å². The van der Waals surface area contributed by atoms with Crippen LogP contribution >= 0.6 is 0 Å². The second-order valence-electron chi connectivity index (χ2n) is 4.30. The lowest BCUT2D eigenvalue weighted by molar-refractivity contribution is 0.423. The molecule has 0 nitrogen and oxygen atoms in total. The Morgan fingerprint density at radius 1 is 1.10 bits per heavy atom. The molecule has 0 aliphatic heterocycles. The zero-order valence-corrected chi connectivity index (χ0v) is 6.56. The molecule has 0 aromatic rings. The van der Waals surface area contributed by atoms with Gasteiger partial charge < -0.3 is 0 Å². The van der Waals surface area contributed by atoms with Crippen molar-refractivity contribution in [2.45, 2.75) is 32.6 Å². The lowest BCUT2D eigenvalue weighted by Crippen LogP contribution is -2.17. The molecule has 0 N–H and O–H groups in total. The Kier molecular flexibility index (Phi) is 0.805. The number of rotatable bonds is 0. The van der Waals surface area contributed by atoms with Crippen molar-refractivity contribution in [3.8, 4) is 0 Å². The molecule has 0 heteroatoms. The maximum absolute atomic E-state index is 2.44. The van der Waals surface area contributed by atoms with Crippen molar-refractivity contribution in [1.82, 2.24) is 0 Å². The van der Waals surface area contributed by atoms with Gasteiger partial charge in [-0.3, -0.25) is 0 Å². The molecule has 0 aromatic carbocycles. The number of hydrogen-bond donors (Lipinski definition) is 0. The molecular formula is C10H14. The van der Waals surface area contributed by atoms with Crippen LogP contribution in [0.1, 0.15) is 32.6 Å². The lowest BCUT2D eigenvalue weighted by atomic mass is 9.74. The maximum Gasteiger partial charge on any atom is -0.0169 e. The van der Waals surface area contributed by atoms with Crippen molar-refractivity contribution in [2.24, 2.45) is 17.8 Å². The van der Waals surface area contributed by atoms with Gasteiger partial charge >= 0.3 is 0 Å². The Bertz CT molecular complexity index is 212. The van der Waals surface area contributed by atoms with E-state index < -0.39 is 0 Å². The summed E-state index contributed by atoms with van der Waals surface area (Å²) in [6.07, 6.45) is 5.97. The average molecular weight is 134 g/mol. The first-order valence-corrected chi connectivity index (χ1v) is 4.58.